The topological polar surface area (TPSA) is 141 Å². The number of hydrogen-bond donors (Lipinski definition) is 3. The van der Waals surface area contributed by atoms with Crippen LogP contribution in [-0.4, -0.2) is 44.5 Å². The summed E-state index contributed by atoms with van der Waals surface area (Å²) < 4.78 is 14.0. The number of halogens is 1. The summed E-state index contributed by atoms with van der Waals surface area (Å²) in [5.41, 5.74) is 1.58. The maximum absolute atomic E-state index is 14.2. The Kier molecular flexibility index (Phi) is 16.4. The second-order valence-corrected chi connectivity index (χ2v) is 15.8. The third-order valence-corrected chi connectivity index (χ3v) is 10.1. The van der Waals surface area contributed by atoms with Crippen LogP contribution in [0.2, 0.25) is 5.02 Å². The van der Waals surface area contributed by atoms with Crippen molar-refractivity contribution < 1.29 is 29.0 Å². The zero-order chi connectivity index (χ0) is 41.7. The molecule has 57 heavy (non-hydrogen) atoms. The molecule has 2 unspecified atom stereocenters. The number of anilines is 2. The van der Waals surface area contributed by atoms with Gasteiger partial charge in [-0.15, -0.1) is 0 Å². The molecule has 11 nitrogen and oxygen atoms in total. The van der Waals surface area contributed by atoms with Crippen molar-refractivity contribution in [2.45, 2.75) is 125 Å². The molecule has 2 amide bonds. The van der Waals surface area contributed by atoms with Gasteiger partial charge in [0.05, 0.1) is 23.9 Å². The number of rotatable bonds is 21. The van der Waals surface area contributed by atoms with E-state index in [0.29, 0.717) is 17.9 Å². The highest BCUT2D eigenvalue weighted by Gasteiger charge is 2.41. The van der Waals surface area contributed by atoms with E-state index in [9.17, 15) is 24.3 Å². The quantitative estimate of drug-likeness (QED) is 0.0563. The van der Waals surface area contributed by atoms with E-state index in [4.69, 9.17) is 21.1 Å². The number of carbonyl (C=O) groups is 3. The minimum absolute atomic E-state index is 0.0220. The number of ketones is 1. The number of nitrogens with zero attached hydrogens (tertiary/aromatic N) is 2. The first-order valence-corrected chi connectivity index (χ1v) is 20.6. The van der Waals surface area contributed by atoms with Gasteiger partial charge in [-0.05, 0) is 80.0 Å². The summed E-state index contributed by atoms with van der Waals surface area (Å²) in [5, 5.41) is 17.1. The van der Waals surface area contributed by atoms with Crippen molar-refractivity contribution >= 4 is 40.6 Å². The molecule has 12 heteroatoms. The lowest BCUT2D eigenvalue weighted by molar-refractivity contribution is -0.135. The van der Waals surface area contributed by atoms with E-state index in [-0.39, 0.29) is 35.6 Å². The summed E-state index contributed by atoms with van der Waals surface area (Å²) in [7, 11) is 0. The molecule has 0 aliphatic heterocycles. The number of benzene rings is 3. The Morgan fingerprint density at radius 1 is 0.825 bits per heavy atom. The second-order valence-electron chi connectivity index (χ2n) is 15.3. The third kappa shape index (κ3) is 11.8. The number of aromatic hydroxyl groups is 1. The van der Waals surface area contributed by atoms with Crippen LogP contribution in [0, 0.1) is 5.41 Å². The van der Waals surface area contributed by atoms with Crippen LogP contribution in [0.25, 0.3) is 0 Å². The van der Waals surface area contributed by atoms with Crippen LogP contribution < -0.4 is 25.8 Å². The number of carbonyl (C=O) groups excluding carboxylic acids is 3. The fourth-order valence-corrected chi connectivity index (χ4v) is 6.72. The lowest BCUT2D eigenvalue weighted by atomic mass is 9.86. The maximum Gasteiger partial charge on any atom is 0.335 e. The summed E-state index contributed by atoms with van der Waals surface area (Å²) in [5.74, 6) is -2.08. The van der Waals surface area contributed by atoms with Gasteiger partial charge in [-0.3, -0.25) is 19.0 Å². The molecule has 4 rings (SSSR count). The molecular weight excluding hydrogens is 744 g/mol. The van der Waals surface area contributed by atoms with Gasteiger partial charge in [0.1, 0.15) is 5.75 Å². The van der Waals surface area contributed by atoms with Crippen molar-refractivity contribution in [3.05, 3.63) is 98.9 Å². The normalized spacial score (nSPS) is 12.5. The molecule has 0 bridgehead atoms. The summed E-state index contributed by atoms with van der Waals surface area (Å²) in [4.78, 5) is 55.9. The van der Waals surface area contributed by atoms with Crippen molar-refractivity contribution in [1.82, 2.24) is 9.13 Å². The number of ether oxygens (including phenoxy) is 2. The number of Topliss-reactive ketones (excluding diaryl/α,β-unsaturated/α-hetero) is 1. The fraction of sp³-hybridized carbons (Fsp3) is 0.467. The van der Waals surface area contributed by atoms with Gasteiger partial charge >= 0.3 is 5.69 Å². The van der Waals surface area contributed by atoms with Gasteiger partial charge < -0.3 is 25.2 Å². The molecule has 0 spiro atoms. The molecule has 0 fully saturated rings. The van der Waals surface area contributed by atoms with E-state index in [1.807, 2.05) is 43.3 Å². The standard InChI is InChI=1S/C45H59ClN4O7/c1-8-12-15-19-30-23-26-37(32(27-30)22-16-13-9-2)57-36(10-3)40(52)47-33-24-25-34(46)35(28-33)48-41(53)38(39(51)45(5,6)7)50-42(54)43(56-11-4)49(44(50)55)29-31-20-17-14-18-21-31/h14,17-18,20-21,23-28,36,38,54H,8-13,15-16,19,22,29H2,1-7H3,(H,47,52)(H,48,53). The Balaban J connectivity index is 1.61. The van der Waals surface area contributed by atoms with Crippen molar-refractivity contribution in [3.63, 3.8) is 0 Å². The largest absolute Gasteiger partial charge is 0.491 e. The van der Waals surface area contributed by atoms with E-state index in [1.165, 1.54) is 28.7 Å². The molecule has 3 aromatic carbocycles. The van der Waals surface area contributed by atoms with Gasteiger partial charge in [0.15, 0.2) is 17.9 Å². The Bertz CT molecular complexity index is 2030. The number of unbranched alkanes of at least 4 members (excludes halogenated alkanes) is 4. The number of amides is 2. The van der Waals surface area contributed by atoms with E-state index in [1.54, 1.807) is 33.8 Å². The molecule has 0 aliphatic rings. The summed E-state index contributed by atoms with van der Waals surface area (Å²) in [6, 6.07) is 18.1. The van der Waals surface area contributed by atoms with Gasteiger partial charge in [0.25, 0.3) is 23.6 Å². The first-order valence-electron chi connectivity index (χ1n) is 20.2. The Morgan fingerprint density at radius 3 is 2.14 bits per heavy atom. The molecule has 1 aromatic heterocycles. The number of imidazole rings is 1. The maximum atomic E-state index is 14.2. The summed E-state index contributed by atoms with van der Waals surface area (Å²) in [6.07, 6.45) is 8.13. The van der Waals surface area contributed by atoms with Crippen LogP contribution in [0.5, 0.6) is 17.5 Å². The first-order chi connectivity index (χ1) is 27.2. The molecule has 0 aliphatic carbocycles. The molecule has 308 valence electrons. The second kappa shape index (κ2) is 20.9. The fourth-order valence-electron chi connectivity index (χ4n) is 6.55. The van der Waals surface area contributed by atoms with Crippen LogP contribution in [-0.2, 0) is 33.8 Å². The monoisotopic (exact) mass is 802 g/mol. The van der Waals surface area contributed by atoms with Gasteiger partial charge in [0, 0.05) is 11.1 Å². The van der Waals surface area contributed by atoms with Crippen LogP contribution in [0.1, 0.15) is 116 Å². The third-order valence-electron chi connectivity index (χ3n) is 9.73. The number of hydrogen-bond acceptors (Lipinski definition) is 7. The molecule has 0 saturated heterocycles. The lowest BCUT2D eigenvalue weighted by Gasteiger charge is -2.25. The SMILES string of the molecule is CCCCCc1ccc(OC(CC)C(=O)Nc2ccc(Cl)c(NC(=O)C(C(=O)C(C)(C)C)n3c(O)c(OCC)n(Cc4ccccc4)c3=O)c2)c(CCCCC)c1. The van der Waals surface area contributed by atoms with Crippen LogP contribution in [0.3, 0.4) is 0 Å². The Hall–Kier alpha value is -5.03. The highest BCUT2D eigenvalue weighted by Crippen LogP contribution is 2.34. The van der Waals surface area contributed by atoms with E-state index >= 15 is 0 Å². The molecule has 4 aromatic rings. The van der Waals surface area contributed by atoms with E-state index in [0.717, 1.165) is 60.6 Å². The Labute approximate surface area is 341 Å². The lowest BCUT2D eigenvalue weighted by Crippen LogP contribution is -2.43. The van der Waals surface area contributed by atoms with Crippen molar-refractivity contribution in [2.75, 3.05) is 17.2 Å². The molecule has 3 N–H and O–H groups in total. The van der Waals surface area contributed by atoms with Crippen molar-refractivity contribution in [2.24, 2.45) is 5.41 Å². The first kappa shape index (κ1) is 44.7. The number of aryl methyl sites for hydroxylation is 2. The molecule has 2 atom stereocenters. The zero-order valence-electron chi connectivity index (χ0n) is 34.5. The molecule has 0 saturated carbocycles. The average Bonchev–Trinajstić information content (AvgIpc) is 3.39. The van der Waals surface area contributed by atoms with Crippen LogP contribution in [0.15, 0.2) is 71.5 Å². The predicted octanol–water partition coefficient (Wildman–Crippen LogP) is 9.51. The van der Waals surface area contributed by atoms with Crippen LogP contribution >= 0.6 is 11.6 Å². The summed E-state index contributed by atoms with van der Waals surface area (Å²) >= 11 is 6.56. The Morgan fingerprint density at radius 2 is 1.51 bits per heavy atom. The van der Waals surface area contributed by atoms with Gasteiger partial charge in [0.2, 0.25) is 0 Å². The minimum atomic E-state index is -1.80. The number of nitrogens with one attached hydrogen (secondary N) is 2. The van der Waals surface area contributed by atoms with Crippen molar-refractivity contribution in [1.29, 1.82) is 0 Å². The van der Waals surface area contributed by atoms with Crippen LogP contribution in [0.4, 0.5) is 11.4 Å². The smallest absolute Gasteiger partial charge is 0.335 e. The van der Waals surface area contributed by atoms with Crippen molar-refractivity contribution in [3.8, 4) is 17.5 Å². The highest BCUT2D eigenvalue weighted by atomic mass is 35.5. The van der Waals surface area contributed by atoms with E-state index in [2.05, 4.69) is 36.6 Å². The number of aromatic nitrogens is 2. The minimum Gasteiger partial charge on any atom is -0.491 e. The molecule has 1 heterocycles. The molecule has 0 radical (unpaired) electrons. The van der Waals surface area contributed by atoms with E-state index < -0.39 is 40.8 Å². The zero-order valence-corrected chi connectivity index (χ0v) is 35.2. The predicted molar refractivity (Wildman–Crippen MR) is 227 cm³/mol. The molecular formula is C45H59ClN4O7. The van der Waals surface area contributed by atoms with Gasteiger partial charge in [-0.25, -0.2) is 9.36 Å². The van der Waals surface area contributed by atoms with Gasteiger partial charge in [-0.1, -0.05) is 121 Å². The summed E-state index contributed by atoms with van der Waals surface area (Å²) in [6.45, 7) is 12.9. The highest BCUT2D eigenvalue weighted by molar-refractivity contribution is 6.34. The van der Waals surface area contributed by atoms with Gasteiger partial charge in [-0.2, -0.15) is 0 Å². The average molecular weight is 803 g/mol.